The van der Waals surface area contributed by atoms with Gasteiger partial charge in [0.2, 0.25) is 11.7 Å². The summed E-state index contributed by atoms with van der Waals surface area (Å²) in [5.41, 5.74) is 0.719. The van der Waals surface area contributed by atoms with Gasteiger partial charge in [-0.15, -0.1) is 0 Å². The summed E-state index contributed by atoms with van der Waals surface area (Å²) in [7, 11) is 4.60. The van der Waals surface area contributed by atoms with Crippen LogP contribution in [0.5, 0.6) is 17.2 Å². The van der Waals surface area contributed by atoms with Gasteiger partial charge in [-0.05, 0) is 30.7 Å². The lowest BCUT2D eigenvalue weighted by atomic mass is 10.1. The van der Waals surface area contributed by atoms with Crippen molar-refractivity contribution in [3.8, 4) is 17.2 Å². The van der Waals surface area contributed by atoms with E-state index in [9.17, 15) is 9.59 Å². The van der Waals surface area contributed by atoms with E-state index in [0.29, 0.717) is 36.2 Å². The van der Waals surface area contributed by atoms with Crippen LogP contribution in [-0.2, 0) is 14.3 Å². The minimum Gasteiger partial charge on any atom is -0.493 e. The summed E-state index contributed by atoms with van der Waals surface area (Å²) in [6.45, 7) is 2.56. The molecule has 0 spiro atoms. The molecule has 1 amide bonds. The predicted molar refractivity (Wildman–Crippen MR) is 105 cm³/mol. The topological polar surface area (TPSA) is 74.3 Å². The number of amides is 1. The van der Waals surface area contributed by atoms with Crippen molar-refractivity contribution in [3.63, 3.8) is 0 Å². The van der Waals surface area contributed by atoms with E-state index >= 15 is 0 Å². The first-order valence-electron chi connectivity index (χ1n) is 8.58. The first-order valence-corrected chi connectivity index (χ1v) is 9.74. The van der Waals surface area contributed by atoms with Gasteiger partial charge in [0, 0.05) is 24.1 Å². The van der Waals surface area contributed by atoms with Crippen molar-refractivity contribution in [2.45, 2.75) is 13.0 Å². The molecule has 0 radical (unpaired) electrons. The number of ether oxygens (including phenoxy) is 4. The van der Waals surface area contributed by atoms with E-state index < -0.39 is 6.04 Å². The molecule has 1 aromatic rings. The van der Waals surface area contributed by atoms with Crippen molar-refractivity contribution in [1.29, 1.82) is 0 Å². The second-order valence-corrected chi connectivity index (χ2v) is 6.82. The molecule has 148 valence electrons. The van der Waals surface area contributed by atoms with Gasteiger partial charge in [-0.1, -0.05) is 0 Å². The molecule has 1 aliphatic heterocycles. The van der Waals surface area contributed by atoms with Crippen LogP contribution in [0.15, 0.2) is 18.2 Å². The zero-order valence-corrected chi connectivity index (χ0v) is 16.8. The van der Waals surface area contributed by atoms with Crippen LogP contribution >= 0.6 is 11.8 Å². The highest BCUT2D eigenvalue weighted by Gasteiger charge is 2.32. The zero-order valence-electron chi connectivity index (χ0n) is 16.0. The monoisotopic (exact) mass is 395 g/mol. The number of hydrogen-bond acceptors (Lipinski definition) is 7. The molecule has 8 heteroatoms. The summed E-state index contributed by atoms with van der Waals surface area (Å²) in [5, 5.41) is 0. The summed E-state index contributed by atoms with van der Waals surface area (Å²) < 4.78 is 21.0. The smallest absolute Gasteiger partial charge is 0.329 e. The van der Waals surface area contributed by atoms with Crippen LogP contribution in [0.4, 0.5) is 0 Å². The second-order valence-electron chi connectivity index (χ2n) is 5.67. The molecule has 1 atom stereocenters. The molecule has 0 aromatic heterocycles. The van der Waals surface area contributed by atoms with Crippen LogP contribution in [0.3, 0.4) is 0 Å². The van der Waals surface area contributed by atoms with Gasteiger partial charge in [0.05, 0.1) is 27.9 Å². The molecule has 2 rings (SSSR count). The molecule has 0 saturated carbocycles. The molecule has 27 heavy (non-hydrogen) atoms. The van der Waals surface area contributed by atoms with Crippen LogP contribution in [0, 0.1) is 0 Å². The van der Waals surface area contributed by atoms with Gasteiger partial charge in [0.1, 0.15) is 6.04 Å². The van der Waals surface area contributed by atoms with Crippen molar-refractivity contribution >= 4 is 29.7 Å². The fraction of sp³-hybridized carbons (Fsp3) is 0.474. The highest BCUT2D eigenvalue weighted by atomic mass is 32.2. The van der Waals surface area contributed by atoms with E-state index in [4.69, 9.17) is 18.9 Å². The van der Waals surface area contributed by atoms with Gasteiger partial charge in [0.15, 0.2) is 11.5 Å². The number of benzene rings is 1. The van der Waals surface area contributed by atoms with Crippen LogP contribution in [0.2, 0.25) is 0 Å². The Balaban J connectivity index is 2.20. The Morgan fingerprint density at radius 1 is 1.19 bits per heavy atom. The molecular formula is C19H25NO6S. The maximum absolute atomic E-state index is 12.7. The summed E-state index contributed by atoms with van der Waals surface area (Å²) in [5.74, 6) is 2.23. The van der Waals surface area contributed by atoms with E-state index in [1.54, 1.807) is 41.8 Å². The Morgan fingerprint density at radius 3 is 2.41 bits per heavy atom. The average Bonchev–Trinajstić information content (AvgIpc) is 2.71. The normalized spacial score (nSPS) is 16.9. The lowest BCUT2D eigenvalue weighted by molar-refractivity contribution is -0.152. The van der Waals surface area contributed by atoms with E-state index in [2.05, 4.69) is 0 Å². The maximum Gasteiger partial charge on any atom is 0.329 e. The van der Waals surface area contributed by atoms with Gasteiger partial charge >= 0.3 is 5.97 Å². The Bertz CT molecular complexity index is 680. The number of carbonyl (C=O) groups excluding carboxylic acids is 2. The molecule has 1 aliphatic rings. The highest BCUT2D eigenvalue weighted by Crippen LogP contribution is 2.38. The van der Waals surface area contributed by atoms with E-state index in [0.717, 1.165) is 11.3 Å². The van der Waals surface area contributed by atoms with E-state index in [1.165, 1.54) is 27.4 Å². The third-order valence-electron chi connectivity index (χ3n) is 4.08. The molecule has 0 aliphatic carbocycles. The number of carbonyl (C=O) groups is 2. The van der Waals surface area contributed by atoms with Crippen LogP contribution in [-0.4, -0.2) is 68.8 Å². The Labute approximate surface area is 163 Å². The molecule has 1 aromatic carbocycles. The third-order valence-corrected chi connectivity index (χ3v) is 5.10. The Kier molecular flexibility index (Phi) is 7.84. The van der Waals surface area contributed by atoms with Crippen LogP contribution < -0.4 is 14.2 Å². The molecule has 7 nitrogen and oxygen atoms in total. The van der Waals surface area contributed by atoms with E-state index in [-0.39, 0.29) is 11.9 Å². The maximum atomic E-state index is 12.7. The second kappa shape index (κ2) is 10.1. The van der Waals surface area contributed by atoms with Crippen molar-refractivity contribution in [2.75, 3.05) is 46.0 Å². The lowest BCUT2D eigenvalue weighted by Crippen LogP contribution is -2.50. The van der Waals surface area contributed by atoms with Crippen molar-refractivity contribution in [1.82, 2.24) is 4.90 Å². The highest BCUT2D eigenvalue weighted by molar-refractivity contribution is 7.99. The van der Waals surface area contributed by atoms with Crippen LogP contribution in [0.1, 0.15) is 12.5 Å². The minimum atomic E-state index is -0.555. The number of hydrogen-bond donors (Lipinski definition) is 0. The van der Waals surface area contributed by atoms with E-state index in [1.807, 2.05) is 0 Å². The molecule has 1 saturated heterocycles. The van der Waals surface area contributed by atoms with Gasteiger partial charge in [-0.25, -0.2) is 4.79 Å². The molecule has 1 heterocycles. The fourth-order valence-electron chi connectivity index (χ4n) is 2.76. The zero-order chi connectivity index (χ0) is 19.8. The third kappa shape index (κ3) is 5.09. The molecular weight excluding hydrogens is 370 g/mol. The standard InChI is InChI=1S/C19H25NO6S/c1-5-26-19(22)14-12-27-9-8-20(14)17(21)7-6-13-10-15(23-2)18(25-4)16(11-13)24-3/h6-7,10-11,14H,5,8-9,12H2,1-4H3/b7-6+. The SMILES string of the molecule is CCOC(=O)C1CSCCN1C(=O)/C=C/c1cc(OC)c(OC)c(OC)c1. The van der Waals surface area contributed by atoms with Crippen LogP contribution in [0.25, 0.3) is 6.08 Å². The van der Waals surface area contributed by atoms with Gasteiger partial charge in [-0.2, -0.15) is 11.8 Å². The number of rotatable bonds is 7. The Hall–Kier alpha value is -2.35. The lowest BCUT2D eigenvalue weighted by Gasteiger charge is -2.32. The minimum absolute atomic E-state index is 0.234. The molecule has 1 unspecified atom stereocenters. The Morgan fingerprint density at radius 2 is 1.85 bits per heavy atom. The molecule has 1 fully saturated rings. The van der Waals surface area contributed by atoms with Gasteiger partial charge in [-0.3, -0.25) is 4.79 Å². The number of nitrogens with zero attached hydrogens (tertiary/aromatic N) is 1. The fourth-order valence-corrected chi connectivity index (χ4v) is 3.79. The first kappa shape index (κ1) is 21.0. The summed E-state index contributed by atoms with van der Waals surface area (Å²) in [6.07, 6.45) is 3.11. The number of esters is 1. The summed E-state index contributed by atoms with van der Waals surface area (Å²) in [6, 6.07) is 2.95. The molecule has 0 bridgehead atoms. The van der Waals surface area contributed by atoms with Crippen molar-refractivity contribution in [2.24, 2.45) is 0 Å². The molecule has 0 N–H and O–H groups in total. The number of thioether (sulfide) groups is 1. The quantitative estimate of drug-likeness (QED) is 0.518. The summed E-state index contributed by atoms with van der Waals surface area (Å²) in [4.78, 5) is 26.3. The average molecular weight is 395 g/mol. The van der Waals surface area contributed by atoms with Gasteiger partial charge < -0.3 is 23.8 Å². The van der Waals surface area contributed by atoms with Gasteiger partial charge in [0.25, 0.3) is 0 Å². The predicted octanol–water partition coefficient (Wildman–Crippen LogP) is 2.23. The van der Waals surface area contributed by atoms with Crippen molar-refractivity contribution in [3.05, 3.63) is 23.8 Å². The summed E-state index contributed by atoms with van der Waals surface area (Å²) >= 11 is 1.64. The number of methoxy groups -OCH3 is 3. The first-order chi connectivity index (χ1) is 13.0. The van der Waals surface area contributed by atoms with Crippen molar-refractivity contribution < 1.29 is 28.5 Å². The largest absolute Gasteiger partial charge is 0.493 e.